The van der Waals surface area contributed by atoms with E-state index >= 15 is 0 Å². The topological polar surface area (TPSA) is 21.7 Å². The van der Waals surface area contributed by atoms with E-state index in [1.54, 1.807) is 20.3 Å². The van der Waals surface area contributed by atoms with Gasteiger partial charge in [0.1, 0.15) is 0 Å². The Kier molecular flexibility index (Phi) is 6.96. The first-order valence-corrected chi connectivity index (χ1v) is 9.99. The van der Waals surface area contributed by atoms with Gasteiger partial charge in [-0.1, -0.05) is 23.7 Å². The van der Waals surface area contributed by atoms with Crippen LogP contribution in [0.15, 0.2) is 36.4 Å². The van der Waals surface area contributed by atoms with E-state index in [4.69, 9.17) is 21.1 Å². The molecule has 0 N–H and O–H groups in total. The van der Waals surface area contributed by atoms with Crippen molar-refractivity contribution >= 4 is 11.6 Å². The zero-order valence-corrected chi connectivity index (χ0v) is 17.3. The van der Waals surface area contributed by atoms with E-state index in [1.807, 2.05) is 18.2 Å². The van der Waals surface area contributed by atoms with Crippen LogP contribution in [0.5, 0.6) is 11.5 Å². The van der Waals surface area contributed by atoms with E-state index in [1.165, 1.54) is 12.1 Å². The molecule has 2 aromatic rings. The lowest BCUT2D eigenvalue weighted by Crippen LogP contribution is -2.34. The summed E-state index contributed by atoms with van der Waals surface area (Å²) >= 11 is 5.74. The number of methoxy groups -OCH3 is 2. The van der Waals surface area contributed by atoms with Gasteiger partial charge < -0.3 is 14.4 Å². The number of hydrogen-bond acceptors (Lipinski definition) is 3. The second-order valence-corrected chi connectivity index (χ2v) is 7.70. The van der Waals surface area contributed by atoms with Gasteiger partial charge in [-0.2, -0.15) is 13.2 Å². The molecule has 0 atom stereocenters. The molecule has 1 fully saturated rings. The molecule has 1 aliphatic heterocycles. The predicted molar refractivity (Wildman–Crippen MR) is 108 cm³/mol. The number of piperidine rings is 1. The maximum atomic E-state index is 13.1. The molecule has 0 bridgehead atoms. The van der Waals surface area contributed by atoms with Crippen molar-refractivity contribution in [1.82, 2.24) is 4.90 Å². The number of benzene rings is 2. The molecule has 1 saturated heterocycles. The third-order valence-corrected chi connectivity index (χ3v) is 5.85. The third kappa shape index (κ3) is 5.37. The zero-order chi connectivity index (χ0) is 21.0. The summed E-state index contributed by atoms with van der Waals surface area (Å²) in [4.78, 5) is 2.35. The van der Waals surface area contributed by atoms with Crippen LogP contribution in [0.4, 0.5) is 13.2 Å². The monoisotopic (exact) mass is 427 g/mol. The molecular weight excluding hydrogens is 403 g/mol. The molecule has 0 spiro atoms. The molecule has 0 saturated carbocycles. The SMILES string of the molecule is COc1ccc(CCN2CCC(c3ccc(Cl)c(C(F)(F)F)c3)CC2)cc1OC. The largest absolute Gasteiger partial charge is 0.493 e. The number of likely N-dealkylation sites (tertiary alicyclic amines) is 1. The van der Waals surface area contributed by atoms with E-state index in [0.29, 0.717) is 11.5 Å². The molecular formula is C22H25ClF3NO2. The number of ether oxygens (including phenoxy) is 2. The highest BCUT2D eigenvalue weighted by atomic mass is 35.5. The lowest BCUT2D eigenvalue weighted by atomic mass is 9.88. The summed E-state index contributed by atoms with van der Waals surface area (Å²) in [5.74, 6) is 1.55. The van der Waals surface area contributed by atoms with Crippen LogP contribution in [-0.4, -0.2) is 38.8 Å². The minimum Gasteiger partial charge on any atom is -0.493 e. The van der Waals surface area contributed by atoms with Gasteiger partial charge in [-0.15, -0.1) is 0 Å². The molecule has 1 heterocycles. The first-order chi connectivity index (χ1) is 13.8. The average Bonchev–Trinajstić information content (AvgIpc) is 2.72. The van der Waals surface area contributed by atoms with Crippen molar-refractivity contribution in [3.05, 3.63) is 58.1 Å². The van der Waals surface area contributed by atoms with E-state index in [2.05, 4.69) is 4.90 Å². The van der Waals surface area contributed by atoms with E-state index < -0.39 is 11.7 Å². The molecule has 7 heteroatoms. The number of nitrogens with zero attached hydrogens (tertiary/aromatic N) is 1. The van der Waals surface area contributed by atoms with Crippen molar-refractivity contribution in [1.29, 1.82) is 0 Å². The van der Waals surface area contributed by atoms with Gasteiger partial charge in [0, 0.05) is 6.54 Å². The molecule has 29 heavy (non-hydrogen) atoms. The van der Waals surface area contributed by atoms with Crippen LogP contribution in [0.1, 0.15) is 35.4 Å². The Morgan fingerprint density at radius 3 is 2.31 bits per heavy atom. The minimum absolute atomic E-state index is 0.130. The van der Waals surface area contributed by atoms with Gasteiger partial charge >= 0.3 is 6.18 Å². The van der Waals surface area contributed by atoms with Gasteiger partial charge in [0.2, 0.25) is 0 Å². The Balaban J connectivity index is 1.56. The van der Waals surface area contributed by atoms with Crippen LogP contribution in [0.2, 0.25) is 5.02 Å². The Labute approximate surface area is 174 Å². The number of alkyl halides is 3. The highest BCUT2D eigenvalue weighted by molar-refractivity contribution is 6.31. The van der Waals surface area contributed by atoms with Crippen LogP contribution < -0.4 is 9.47 Å². The first kappa shape index (κ1) is 21.8. The fourth-order valence-electron chi connectivity index (χ4n) is 3.83. The Morgan fingerprint density at radius 2 is 1.69 bits per heavy atom. The summed E-state index contributed by atoms with van der Waals surface area (Å²) in [7, 11) is 3.23. The second kappa shape index (κ2) is 9.26. The Morgan fingerprint density at radius 1 is 1.00 bits per heavy atom. The summed E-state index contributed by atoms with van der Waals surface area (Å²) < 4.78 is 49.9. The van der Waals surface area contributed by atoms with Gasteiger partial charge in [0.15, 0.2) is 11.5 Å². The van der Waals surface area contributed by atoms with Crippen molar-refractivity contribution in [2.75, 3.05) is 33.9 Å². The second-order valence-electron chi connectivity index (χ2n) is 7.29. The van der Waals surface area contributed by atoms with Crippen LogP contribution in [-0.2, 0) is 12.6 Å². The lowest BCUT2D eigenvalue weighted by Gasteiger charge is -2.32. The number of rotatable bonds is 6. The van der Waals surface area contributed by atoms with Crippen molar-refractivity contribution in [2.45, 2.75) is 31.4 Å². The smallest absolute Gasteiger partial charge is 0.417 e. The molecule has 3 nitrogen and oxygen atoms in total. The van der Waals surface area contributed by atoms with Crippen molar-refractivity contribution in [3.63, 3.8) is 0 Å². The average molecular weight is 428 g/mol. The maximum Gasteiger partial charge on any atom is 0.417 e. The molecule has 0 unspecified atom stereocenters. The Hall–Kier alpha value is -1.92. The summed E-state index contributed by atoms with van der Waals surface area (Å²) in [6.07, 6.45) is -1.87. The van der Waals surface area contributed by atoms with E-state index in [0.717, 1.165) is 50.0 Å². The molecule has 3 rings (SSSR count). The highest BCUT2D eigenvalue weighted by Crippen LogP contribution is 2.38. The Bertz CT molecular complexity index is 833. The van der Waals surface area contributed by atoms with Gasteiger partial charge in [-0.05, 0) is 73.7 Å². The summed E-state index contributed by atoms with van der Waals surface area (Å²) in [5.41, 5.74) is 1.14. The third-order valence-electron chi connectivity index (χ3n) is 5.52. The van der Waals surface area contributed by atoms with Crippen molar-refractivity contribution in [3.8, 4) is 11.5 Å². The molecule has 158 valence electrons. The van der Waals surface area contributed by atoms with Crippen LogP contribution in [0, 0.1) is 0 Å². The molecule has 0 aromatic heterocycles. The first-order valence-electron chi connectivity index (χ1n) is 9.61. The fraction of sp³-hybridized carbons (Fsp3) is 0.455. The highest BCUT2D eigenvalue weighted by Gasteiger charge is 2.34. The van der Waals surface area contributed by atoms with E-state index in [9.17, 15) is 13.2 Å². The minimum atomic E-state index is -4.42. The summed E-state index contributed by atoms with van der Waals surface area (Å²) in [6.45, 7) is 2.63. The molecule has 0 radical (unpaired) electrons. The lowest BCUT2D eigenvalue weighted by molar-refractivity contribution is -0.137. The standard InChI is InChI=1S/C22H25ClF3NO2/c1-28-20-6-3-15(13-21(20)29-2)7-10-27-11-8-16(9-12-27)17-4-5-19(23)18(14-17)22(24,25)26/h3-6,13-14,16H,7-12H2,1-2H3. The fourth-order valence-corrected chi connectivity index (χ4v) is 4.05. The summed E-state index contributed by atoms with van der Waals surface area (Å²) in [5, 5.41) is -0.242. The molecule has 1 aliphatic rings. The maximum absolute atomic E-state index is 13.1. The van der Waals surface area contributed by atoms with Gasteiger partial charge in [0.05, 0.1) is 24.8 Å². The zero-order valence-electron chi connectivity index (χ0n) is 16.6. The van der Waals surface area contributed by atoms with Gasteiger partial charge in [0.25, 0.3) is 0 Å². The van der Waals surface area contributed by atoms with Crippen LogP contribution >= 0.6 is 11.6 Å². The van der Waals surface area contributed by atoms with Crippen molar-refractivity contribution < 1.29 is 22.6 Å². The van der Waals surface area contributed by atoms with Crippen LogP contribution in [0.3, 0.4) is 0 Å². The predicted octanol–water partition coefficient (Wildman–Crippen LogP) is 5.80. The van der Waals surface area contributed by atoms with Crippen LogP contribution in [0.25, 0.3) is 0 Å². The van der Waals surface area contributed by atoms with Crippen molar-refractivity contribution in [2.24, 2.45) is 0 Å². The van der Waals surface area contributed by atoms with E-state index in [-0.39, 0.29) is 10.9 Å². The summed E-state index contributed by atoms with van der Waals surface area (Å²) in [6, 6.07) is 10.2. The normalized spacial score (nSPS) is 16.1. The molecule has 0 aliphatic carbocycles. The molecule has 2 aromatic carbocycles. The number of hydrogen-bond donors (Lipinski definition) is 0. The van der Waals surface area contributed by atoms with Gasteiger partial charge in [-0.3, -0.25) is 0 Å². The molecule has 0 amide bonds. The quantitative estimate of drug-likeness (QED) is 0.581. The van der Waals surface area contributed by atoms with Gasteiger partial charge in [-0.25, -0.2) is 0 Å². The number of halogens is 4.